The number of carbonyl (C=O) groups excluding carboxylic acids is 1. The topological polar surface area (TPSA) is 17.1 Å². The third-order valence-corrected chi connectivity index (χ3v) is 1.42. The van der Waals surface area contributed by atoms with Crippen molar-refractivity contribution in [1.82, 2.24) is 0 Å². The summed E-state index contributed by atoms with van der Waals surface area (Å²) in [6.45, 7) is 9.87. The molecular formula is C13H22O. The zero-order chi connectivity index (χ0) is 11.4. The normalized spacial score (nSPS) is 7.50. The van der Waals surface area contributed by atoms with E-state index in [2.05, 4.69) is 0 Å². The number of hydrogen-bond donors (Lipinski definition) is 0. The number of carbonyl (C=O) groups is 1. The molecule has 0 atom stereocenters. The molecule has 0 aromatic heterocycles. The second-order valence-electron chi connectivity index (χ2n) is 2.14. The van der Waals surface area contributed by atoms with Crippen molar-refractivity contribution in [2.45, 2.75) is 41.0 Å². The average Bonchev–Trinajstić information content (AvgIpc) is 2.34. The van der Waals surface area contributed by atoms with Crippen LogP contribution in [0.15, 0.2) is 30.3 Å². The molecule has 0 bridgehead atoms. The van der Waals surface area contributed by atoms with Gasteiger partial charge in [0.05, 0.1) is 0 Å². The second kappa shape index (κ2) is 11.9. The number of benzene rings is 1. The first-order valence-corrected chi connectivity index (χ1v) is 5.43. The summed E-state index contributed by atoms with van der Waals surface area (Å²) in [4.78, 5) is 11.0. The highest BCUT2D eigenvalue weighted by molar-refractivity contribution is 5.95. The highest BCUT2D eigenvalue weighted by Crippen LogP contribution is 2.01. The molecule has 80 valence electrons. The van der Waals surface area contributed by atoms with E-state index in [1.54, 1.807) is 0 Å². The fraction of sp³-hybridized carbons (Fsp3) is 0.462. The van der Waals surface area contributed by atoms with Crippen LogP contribution >= 0.6 is 0 Å². The fourth-order valence-electron chi connectivity index (χ4n) is 0.828. The van der Waals surface area contributed by atoms with E-state index in [-0.39, 0.29) is 5.78 Å². The summed E-state index contributed by atoms with van der Waals surface area (Å²) in [5, 5.41) is 0. The summed E-state index contributed by atoms with van der Waals surface area (Å²) in [6, 6.07) is 9.34. The van der Waals surface area contributed by atoms with Crippen LogP contribution in [0.2, 0.25) is 0 Å². The van der Waals surface area contributed by atoms with Crippen molar-refractivity contribution < 1.29 is 4.79 Å². The summed E-state index contributed by atoms with van der Waals surface area (Å²) in [6.07, 6.45) is 0.587. The third-order valence-electron chi connectivity index (χ3n) is 1.42. The SMILES string of the molecule is CC.CC.CCC(=O)c1ccccc1. The van der Waals surface area contributed by atoms with Gasteiger partial charge in [0.1, 0.15) is 0 Å². The summed E-state index contributed by atoms with van der Waals surface area (Å²) < 4.78 is 0. The van der Waals surface area contributed by atoms with Crippen LogP contribution in [0.25, 0.3) is 0 Å². The quantitative estimate of drug-likeness (QED) is 0.640. The molecule has 1 aromatic carbocycles. The molecule has 0 N–H and O–H groups in total. The smallest absolute Gasteiger partial charge is 0.162 e. The van der Waals surface area contributed by atoms with E-state index < -0.39 is 0 Å². The molecule has 0 amide bonds. The third kappa shape index (κ3) is 6.41. The lowest BCUT2D eigenvalue weighted by Gasteiger charge is -1.93. The number of ketones is 1. The lowest BCUT2D eigenvalue weighted by atomic mass is 10.1. The van der Waals surface area contributed by atoms with Crippen molar-refractivity contribution in [2.75, 3.05) is 0 Å². The van der Waals surface area contributed by atoms with Gasteiger partial charge in [-0.05, 0) is 0 Å². The molecule has 1 nitrogen and oxygen atoms in total. The van der Waals surface area contributed by atoms with Gasteiger partial charge in [0, 0.05) is 12.0 Å². The molecule has 0 heterocycles. The highest BCUT2D eigenvalue weighted by atomic mass is 16.1. The molecule has 0 radical (unpaired) electrons. The molecule has 0 spiro atoms. The summed E-state index contributed by atoms with van der Waals surface area (Å²) in [5.74, 6) is 0.209. The first kappa shape index (κ1) is 15.4. The number of rotatable bonds is 2. The van der Waals surface area contributed by atoms with E-state index >= 15 is 0 Å². The van der Waals surface area contributed by atoms with Crippen molar-refractivity contribution in [3.05, 3.63) is 35.9 Å². The molecule has 0 saturated heterocycles. The first-order chi connectivity index (χ1) is 6.84. The lowest BCUT2D eigenvalue weighted by Crippen LogP contribution is -1.94. The molecule has 0 saturated carbocycles. The predicted molar refractivity (Wildman–Crippen MR) is 63.8 cm³/mol. The summed E-state index contributed by atoms with van der Waals surface area (Å²) >= 11 is 0. The maximum atomic E-state index is 11.0. The molecule has 0 aliphatic carbocycles. The summed E-state index contributed by atoms with van der Waals surface area (Å²) in [7, 11) is 0. The minimum absolute atomic E-state index is 0.209. The van der Waals surface area contributed by atoms with E-state index in [0.29, 0.717) is 6.42 Å². The van der Waals surface area contributed by atoms with Gasteiger partial charge in [0.2, 0.25) is 0 Å². The van der Waals surface area contributed by atoms with E-state index in [9.17, 15) is 4.79 Å². The van der Waals surface area contributed by atoms with Crippen LogP contribution < -0.4 is 0 Å². The van der Waals surface area contributed by atoms with E-state index in [1.807, 2.05) is 65.0 Å². The maximum absolute atomic E-state index is 11.0. The summed E-state index contributed by atoms with van der Waals surface area (Å²) in [5.41, 5.74) is 0.810. The molecule has 0 fully saturated rings. The van der Waals surface area contributed by atoms with Crippen LogP contribution in [0.4, 0.5) is 0 Å². The van der Waals surface area contributed by atoms with Gasteiger partial charge in [0.25, 0.3) is 0 Å². The Morgan fingerprint density at radius 1 is 1.00 bits per heavy atom. The van der Waals surface area contributed by atoms with Gasteiger partial charge in [-0.1, -0.05) is 65.0 Å². The van der Waals surface area contributed by atoms with E-state index in [1.165, 1.54) is 0 Å². The van der Waals surface area contributed by atoms with Crippen LogP contribution in [0.5, 0.6) is 0 Å². The molecule has 1 heteroatoms. The average molecular weight is 194 g/mol. The van der Waals surface area contributed by atoms with Crippen LogP contribution in [0.3, 0.4) is 0 Å². The minimum Gasteiger partial charge on any atom is -0.294 e. The molecular weight excluding hydrogens is 172 g/mol. The first-order valence-electron chi connectivity index (χ1n) is 5.43. The molecule has 0 aliphatic heterocycles. The maximum Gasteiger partial charge on any atom is 0.162 e. The Labute approximate surface area is 88.2 Å². The Balaban J connectivity index is 0. The van der Waals surface area contributed by atoms with Crippen LogP contribution in [0.1, 0.15) is 51.4 Å². The molecule has 0 unspecified atom stereocenters. The van der Waals surface area contributed by atoms with Crippen LogP contribution in [-0.2, 0) is 0 Å². The second-order valence-corrected chi connectivity index (χ2v) is 2.14. The van der Waals surface area contributed by atoms with Crippen LogP contribution in [0, 0.1) is 0 Å². The molecule has 1 aromatic rings. The van der Waals surface area contributed by atoms with Crippen molar-refractivity contribution in [1.29, 1.82) is 0 Å². The van der Waals surface area contributed by atoms with Gasteiger partial charge in [-0.2, -0.15) is 0 Å². The Hall–Kier alpha value is -1.11. The van der Waals surface area contributed by atoms with E-state index in [4.69, 9.17) is 0 Å². The monoisotopic (exact) mass is 194 g/mol. The number of hydrogen-bond acceptors (Lipinski definition) is 1. The zero-order valence-corrected chi connectivity index (χ0v) is 10.0. The molecule has 1 rings (SSSR count). The Bertz CT molecular complexity index is 214. The Kier molecular flexibility index (Phi) is 13.1. The van der Waals surface area contributed by atoms with Gasteiger partial charge in [-0.3, -0.25) is 4.79 Å². The van der Waals surface area contributed by atoms with Crippen molar-refractivity contribution in [3.8, 4) is 0 Å². The van der Waals surface area contributed by atoms with Gasteiger partial charge < -0.3 is 0 Å². The zero-order valence-electron chi connectivity index (χ0n) is 10.0. The Morgan fingerprint density at radius 3 is 1.79 bits per heavy atom. The van der Waals surface area contributed by atoms with Gasteiger partial charge in [0.15, 0.2) is 5.78 Å². The van der Waals surface area contributed by atoms with E-state index in [0.717, 1.165) is 5.56 Å². The fourth-order valence-corrected chi connectivity index (χ4v) is 0.828. The van der Waals surface area contributed by atoms with Crippen LogP contribution in [-0.4, -0.2) is 5.78 Å². The van der Waals surface area contributed by atoms with Gasteiger partial charge in [-0.15, -0.1) is 0 Å². The molecule has 14 heavy (non-hydrogen) atoms. The highest BCUT2D eigenvalue weighted by Gasteiger charge is 1.98. The predicted octanol–water partition coefficient (Wildman–Crippen LogP) is 4.33. The standard InChI is InChI=1S/C9H10O.2C2H6/c1-2-9(10)8-6-4-3-5-7-8;2*1-2/h3-7H,2H2,1H3;2*1-2H3. The largest absolute Gasteiger partial charge is 0.294 e. The van der Waals surface area contributed by atoms with Crippen molar-refractivity contribution in [3.63, 3.8) is 0 Å². The minimum atomic E-state index is 0.209. The Morgan fingerprint density at radius 2 is 1.43 bits per heavy atom. The lowest BCUT2D eigenvalue weighted by molar-refractivity contribution is 0.0988. The molecule has 0 aliphatic rings. The van der Waals surface area contributed by atoms with Crippen molar-refractivity contribution >= 4 is 5.78 Å². The van der Waals surface area contributed by atoms with Crippen molar-refractivity contribution in [2.24, 2.45) is 0 Å². The van der Waals surface area contributed by atoms with Gasteiger partial charge >= 0.3 is 0 Å². The number of Topliss-reactive ketones (excluding diaryl/α,β-unsaturated/α-hetero) is 1. The van der Waals surface area contributed by atoms with Gasteiger partial charge in [-0.25, -0.2) is 0 Å².